The minimum Gasteiger partial charge on any atom is -0.412 e. The summed E-state index contributed by atoms with van der Waals surface area (Å²) in [5, 5.41) is 14.6. The maximum atomic E-state index is 14.4. The summed E-state index contributed by atoms with van der Waals surface area (Å²) in [6.45, 7) is 1.63. The second kappa shape index (κ2) is 26.8. The SMILES string of the molecule is CCO.CO.COc1ccc([Te](OC(=O)CCn2ccc(=O)[nH]c2=O)(O[Te](OC(=O)CCn2ccc(=O)[nH]c2=O)(c2ccc(OC)cc2)c2ccc(OC)cc2)c2ccc(OC)cc2)cc1.O. The number of methoxy groups -OCH3 is 4. The Bertz CT molecular complexity index is 2440. The van der Waals surface area contributed by atoms with E-state index in [1.54, 1.807) is 104 Å². The number of H-pyrrole nitrogens is 2. The molecule has 0 bridgehead atoms. The minimum atomic E-state index is -5.36. The largest absolute Gasteiger partial charge is 0.412 e. The molecule has 6 aromatic rings. The molecule has 4 aromatic carbocycles. The monoisotopic (exact) mass is 1170 g/mol. The van der Waals surface area contributed by atoms with Gasteiger partial charge in [-0.15, -0.1) is 0 Å². The quantitative estimate of drug-likeness (QED) is 0.0775. The molecule has 362 valence electrons. The molecule has 0 amide bonds. The van der Waals surface area contributed by atoms with Crippen molar-refractivity contribution in [2.75, 3.05) is 42.2 Å². The molecule has 0 saturated heterocycles. The van der Waals surface area contributed by atoms with Crippen LogP contribution in [0.3, 0.4) is 0 Å². The van der Waals surface area contributed by atoms with Crippen molar-refractivity contribution in [1.29, 1.82) is 0 Å². The summed E-state index contributed by atoms with van der Waals surface area (Å²) < 4.78 is 47.4. The van der Waals surface area contributed by atoms with Gasteiger partial charge in [0, 0.05) is 13.7 Å². The van der Waals surface area contributed by atoms with Gasteiger partial charge in [-0.25, -0.2) is 0 Å². The van der Waals surface area contributed by atoms with Gasteiger partial charge in [-0.3, -0.25) is 0 Å². The van der Waals surface area contributed by atoms with Crippen molar-refractivity contribution in [2.45, 2.75) is 32.9 Å². The summed E-state index contributed by atoms with van der Waals surface area (Å²) in [4.78, 5) is 81.9. The van der Waals surface area contributed by atoms with Crippen LogP contribution in [0.1, 0.15) is 19.8 Å². The van der Waals surface area contributed by atoms with Crippen LogP contribution in [0, 0.1) is 0 Å². The molecule has 0 spiro atoms. The fourth-order valence-corrected chi connectivity index (χ4v) is 30.2. The number of carbonyl (C=O) groups excluding carboxylic acids is 2. The molecule has 6 rings (SSSR count). The average Bonchev–Trinajstić information content (AvgIpc) is 3.34. The fraction of sp³-hybridized carbons (Fsp3) is 0.244. The average molecular weight is 1160 g/mol. The van der Waals surface area contributed by atoms with E-state index in [-0.39, 0.29) is 38.0 Å². The summed E-state index contributed by atoms with van der Waals surface area (Å²) in [5.41, 5.74) is -2.60. The molecular formula is C45H54N4O16Te2. The molecule has 0 radical (unpaired) electrons. The van der Waals surface area contributed by atoms with E-state index in [1.807, 2.05) is 0 Å². The molecule has 0 fully saturated rings. The number of benzene rings is 4. The number of hydrogen-bond donors (Lipinski definition) is 4. The molecule has 67 heavy (non-hydrogen) atoms. The molecule has 2 aromatic heterocycles. The summed E-state index contributed by atoms with van der Waals surface area (Å²) >= 11 is -10.7. The third-order valence-corrected chi connectivity index (χ3v) is 30.0. The van der Waals surface area contributed by atoms with E-state index in [9.17, 15) is 28.8 Å². The number of rotatable bonds is 18. The number of hydrogen-bond acceptors (Lipinski definition) is 15. The standard InChI is InChI=1S/C42H42N4O13Te2.C2H6O.CH4O.H2O/c1-53-29-5-13-33(14-6-29)60(34-15-7-30(54-2)8-16-34,57-39(49)23-27-45-25-21-37(47)43-41(45)51)59-61(35-17-9-31(55-3)10-18-35,36-19-11-32(56-4)12-20-36)58-40(50)24-28-46-26-22-38(48)44-42(46)52;1-2-3;1-2;/h5-22,25-26H,23-24,27-28H2,1-4H3,(H,43,47,51)(H,44,48,52);3H,2H2,1H3;2H,1H3;1H2. The first-order chi connectivity index (χ1) is 31.8. The van der Waals surface area contributed by atoms with Gasteiger partial charge in [0.1, 0.15) is 0 Å². The number of carbonyl (C=O) groups is 2. The molecule has 0 saturated carbocycles. The second-order valence-corrected chi connectivity index (χ2v) is 28.2. The predicted molar refractivity (Wildman–Crippen MR) is 252 cm³/mol. The number of nitrogens with one attached hydrogen (secondary N) is 2. The molecule has 0 atom stereocenters. The van der Waals surface area contributed by atoms with Crippen LogP contribution in [0.2, 0.25) is 0 Å². The Morgan fingerprint density at radius 1 is 0.507 bits per heavy atom. The van der Waals surface area contributed by atoms with Crippen LogP contribution >= 0.6 is 0 Å². The number of aliphatic hydroxyl groups excluding tert-OH is 2. The van der Waals surface area contributed by atoms with Gasteiger partial charge in [0.2, 0.25) is 0 Å². The number of aromatic nitrogens is 4. The van der Waals surface area contributed by atoms with Crippen LogP contribution in [0.5, 0.6) is 23.0 Å². The molecule has 22 heteroatoms. The van der Waals surface area contributed by atoms with Gasteiger partial charge in [-0.1, -0.05) is 0 Å². The molecule has 0 aliphatic carbocycles. The minimum absolute atomic E-state index is 0. The molecular weight excluding hydrogens is 1110 g/mol. The topological polar surface area (TPSA) is 280 Å². The van der Waals surface area contributed by atoms with Crippen molar-refractivity contribution in [1.82, 2.24) is 19.1 Å². The van der Waals surface area contributed by atoms with Crippen LogP contribution in [-0.4, -0.2) is 127 Å². The van der Waals surface area contributed by atoms with Gasteiger partial charge in [0.05, 0.1) is 0 Å². The Labute approximate surface area is 394 Å². The van der Waals surface area contributed by atoms with E-state index in [4.69, 9.17) is 36.8 Å². The smallest absolute Gasteiger partial charge is 0.412 e. The van der Waals surface area contributed by atoms with Gasteiger partial charge in [0.15, 0.2) is 0 Å². The van der Waals surface area contributed by atoms with Crippen molar-refractivity contribution in [2.24, 2.45) is 0 Å². The third-order valence-electron chi connectivity index (χ3n) is 9.00. The first-order valence-electron chi connectivity index (χ1n) is 19.9. The van der Waals surface area contributed by atoms with E-state index in [0.717, 1.165) is 7.11 Å². The zero-order valence-corrected chi connectivity index (χ0v) is 42.2. The van der Waals surface area contributed by atoms with E-state index < -0.39 is 72.4 Å². The summed E-state index contributed by atoms with van der Waals surface area (Å²) in [5.74, 6) is 0.497. The van der Waals surface area contributed by atoms with Crippen molar-refractivity contribution in [3.63, 3.8) is 0 Å². The Kier molecular flexibility index (Phi) is 22.1. The Balaban J connectivity index is 0.00000191. The van der Waals surface area contributed by atoms with E-state index >= 15 is 0 Å². The Morgan fingerprint density at radius 3 is 0.985 bits per heavy atom. The maximum absolute atomic E-state index is 14.4. The van der Waals surface area contributed by atoms with Crippen LogP contribution in [0.4, 0.5) is 0 Å². The van der Waals surface area contributed by atoms with Crippen LogP contribution < -0.4 is 55.9 Å². The molecule has 0 unspecified atom stereocenters. The predicted octanol–water partition coefficient (Wildman–Crippen LogP) is -0.700. The maximum Gasteiger partial charge on any atom is -0.412 e. The van der Waals surface area contributed by atoms with Crippen molar-refractivity contribution >= 4 is 64.4 Å². The van der Waals surface area contributed by atoms with Crippen molar-refractivity contribution < 1.29 is 51.9 Å². The second-order valence-electron chi connectivity index (χ2n) is 13.1. The molecule has 2 heterocycles. The number of aromatic amines is 2. The van der Waals surface area contributed by atoms with Gasteiger partial charge in [0.25, 0.3) is 0 Å². The van der Waals surface area contributed by atoms with Gasteiger partial charge in [-0.2, -0.15) is 0 Å². The van der Waals surface area contributed by atoms with Gasteiger partial charge in [-0.05, 0) is 6.92 Å². The Morgan fingerprint density at radius 2 is 0.761 bits per heavy atom. The number of aryl methyl sites for hydroxylation is 2. The first kappa shape index (κ1) is 55.1. The fourth-order valence-electron chi connectivity index (χ4n) is 5.81. The van der Waals surface area contributed by atoms with Crippen LogP contribution in [0.15, 0.2) is 141 Å². The van der Waals surface area contributed by atoms with Crippen molar-refractivity contribution in [3.05, 3.63) is 163 Å². The van der Waals surface area contributed by atoms with Gasteiger partial charge < -0.3 is 15.7 Å². The summed E-state index contributed by atoms with van der Waals surface area (Å²) in [6, 6.07) is 29.7. The Hall–Kier alpha value is -6.20. The van der Waals surface area contributed by atoms with Crippen LogP contribution in [0.25, 0.3) is 0 Å². The van der Waals surface area contributed by atoms with E-state index in [1.165, 1.54) is 62.1 Å². The zero-order chi connectivity index (χ0) is 48.3. The molecule has 6 N–H and O–H groups in total. The third kappa shape index (κ3) is 14.4. The van der Waals surface area contributed by atoms with E-state index in [2.05, 4.69) is 9.97 Å². The van der Waals surface area contributed by atoms with Crippen molar-refractivity contribution in [3.8, 4) is 23.0 Å². The van der Waals surface area contributed by atoms with Crippen LogP contribution in [-0.2, 0) is 30.3 Å². The summed E-state index contributed by atoms with van der Waals surface area (Å²) in [6.07, 6.45) is 1.91. The zero-order valence-electron chi connectivity index (χ0n) is 37.5. The molecule has 0 aliphatic heterocycles. The molecule has 0 aliphatic rings. The number of ether oxygens (including phenoxy) is 4. The number of nitrogens with zero attached hydrogens (tertiary/aromatic N) is 2. The normalized spacial score (nSPS) is 11.2. The first-order valence-corrected chi connectivity index (χ1v) is 28.3. The molecule has 20 nitrogen and oxygen atoms in total. The summed E-state index contributed by atoms with van der Waals surface area (Å²) in [7, 11) is 7.04. The number of aliphatic hydroxyl groups is 2. The van der Waals surface area contributed by atoms with Gasteiger partial charge >= 0.3 is 360 Å². The van der Waals surface area contributed by atoms with E-state index in [0.29, 0.717) is 37.4 Å².